The van der Waals surface area contributed by atoms with E-state index in [0.717, 1.165) is 18.6 Å². The summed E-state index contributed by atoms with van der Waals surface area (Å²) in [5.74, 6) is 1.39. The number of hydrogen-bond acceptors (Lipinski definition) is 3. The molecule has 0 spiro atoms. The number of rotatable bonds is 7. The Morgan fingerprint density at radius 3 is 2.41 bits per heavy atom. The van der Waals surface area contributed by atoms with Crippen LogP contribution in [0.2, 0.25) is 0 Å². The van der Waals surface area contributed by atoms with Crippen LogP contribution in [0.4, 0.5) is 14.9 Å². The zero-order valence-corrected chi connectivity index (χ0v) is 17.1. The van der Waals surface area contributed by atoms with Crippen molar-refractivity contribution in [1.82, 2.24) is 10.2 Å². The summed E-state index contributed by atoms with van der Waals surface area (Å²) in [6.45, 7) is 1.95. The lowest BCUT2D eigenvalue weighted by atomic mass is 9.97. The number of benzene rings is 2. The zero-order valence-electron chi connectivity index (χ0n) is 16.3. The van der Waals surface area contributed by atoms with Crippen molar-refractivity contribution in [3.05, 3.63) is 66.0 Å². The first-order chi connectivity index (χ1) is 14.1. The molecular weight excluding hydrogens is 389 g/mol. The minimum Gasteiger partial charge on any atom is -0.355 e. The molecule has 2 aromatic rings. The molecule has 2 N–H and O–H groups in total. The van der Waals surface area contributed by atoms with Gasteiger partial charge < -0.3 is 15.5 Å². The van der Waals surface area contributed by atoms with E-state index >= 15 is 0 Å². The van der Waals surface area contributed by atoms with Crippen molar-refractivity contribution in [3.8, 4) is 0 Å². The quantitative estimate of drug-likeness (QED) is 0.715. The highest BCUT2D eigenvalue weighted by Crippen LogP contribution is 2.18. The van der Waals surface area contributed by atoms with Gasteiger partial charge in [0.1, 0.15) is 5.82 Å². The van der Waals surface area contributed by atoms with Crippen LogP contribution in [-0.4, -0.2) is 42.2 Å². The molecule has 1 aliphatic heterocycles. The Bertz CT molecular complexity index is 793. The first kappa shape index (κ1) is 21.2. The number of hydrogen-bond donors (Lipinski definition) is 2. The van der Waals surface area contributed by atoms with Crippen molar-refractivity contribution < 1.29 is 14.0 Å². The van der Waals surface area contributed by atoms with E-state index in [1.807, 2.05) is 18.2 Å². The fourth-order valence-corrected chi connectivity index (χ4v) is 4.04. The summed E-state index contributed by atoms with van der Waals surface area (Å²) in [6, 6.07) is 15.7. The summed E-state index contributed by atoms with van der Waals surface area (Å²) in [6.07, 6.45) is 1.71. The molecule has 3 amide bonds. The van der Waals surface area contributed by atoms with Gasteiger partial charge in [0.05, 0.1) is 5.75 Å². The van der Waals surface area contributed by atoms with Crippen LogP contribution in [0.25, 0.3) is 0 Å². The molecular formula is C22H26FN3O2S. The number of carbonyl (C=O) groups is 2. The number of amides is 3. The first-order valence-corrected chi connectivity index (χ1v) is 11.0. The molecule has 0 aliphatic carbocycles. The molecule has 0 saturated carbocycles. The van der Waals surface area contributed by atoms with Crippen LogP contribution in [0.1, 0.15) is 18.4 Å². The smallest absolute Gasteiger partial charge is 0.321 e. The van der Waals surface area contributed by atoms with Crippen molar-refractivity contribution in [2.75, 3.05) is 30.7 Å². The van der Waals surface area contributed by atoms with Crippen LogP contribution in [-0.2, 0) is 10.5 Å². The predicted molar refractivity (Wildman–Crippen MR) is 115 cm³/mol. The number of likely N-dealkylation sites (tertiary alicyclic amines) is 1. The minimum absolute atomic E-state index is 0.0578. The fourth-order valence-electron chi connectivity index (χ4n) is 3.22. The molecule has 154 valence electrons. The Kier molecular flexibility index (Phi) is 7.93. The Morgan fingerprint density at radius 2 is 1.72 bits per heavy atom. The van der Waals surface area contributed by atoms with E-state index in [9.17, 15) is 14.0 Å². The normalized spacial score (nSPS) is 14.4. The van der Waals surface area contributed by atoms with E-state index in [4.69, 9.17) is 0 Å². The Morgan fingerprint density at radius 1 is 1.03 bits per heavy atom. The van der Waals surface area contributed by atoms with Gasteiger partial charge in [-0.3, -0.25) is 4.79 Å². The van der Waals surface area contributed by atoms with Crippen molar-refractivity contribution in [3.63, 3.8) is 0 Å². The Labute approximate surface area is 175 Å². The van der Waals surface area contributed by atoms with Crippen molar-refractivity contribution in [2.45, 2.75) is 18.6 Å². The highest BCUT2D eigenvalue weighted by atomic mass is 32.2. The molecule has 2 aromatic carbocycles. The third kappa shape index (κ3) is 7.09. The molecule has 0 bridgehead atoms. The maximum absolute atomic E-state index is 12.9. The van der Waals surface area contributed by atoms with Gasteiger partial charge in [0, 0.05) is 31.1 Å². The van der Waals surface area contributed by atoms with Gasteiger partial charge in [0.2, 0.25) is 5.91 Å². The molecule has 7 heteroatoms. The van der Waals surface area contributed by atoms with Gasteiger partial charge >= 0.3 is 6.03 Å². The number of piperidine rings is 1. The van der Waals surface area contributed by atoms with Crippen LogP contribution < -0.4 is 10.6 Å². The van der Waals surface area contributed by atoms with E-state index in [2.05, 4.69) is 22.8 Å². The minimum atomic E-state index is -0.329. The van der Waals surface area contributed by atoms with Gasteiger partial charge in [0.15, 0.2) is 0 Å². The Hall–Kier alpha value is -2.54. The average Bonchev–Trinajstić information content (AvgIpc) is 2.75. The van der Waals surface area contributed by atoms with Crippen LogP contribution in [0.3, 0.4) is 0 Å². The summed E-state index contributed by atoms with van der Waals surface area (Å²) in [7, 11) is 0. The molecule has 29 heavy (non-hydrogen) atoms. The summed E-state index contributed by atoms with van der Waals surface area (Å²) < 4.78 is 12.9. The molecule has 0 radical (unpaired) electrons. The van der Waals surface area contributed by atoms with Crippen molar-refractivity contribution in [1.29, 1.82) is 0 Å². The zero-order chi connectivity index (χ0) is 20.5. The van der Waals surface area contributed by atoms with E-state index in [1.165, 1.54) is 17.7 Å². The van der Waals surface area contributed by atoms with Crippen LogP contribution in [0.5, 0.6) is 0 Å². The van der Waals surface area contributed by atoms with Gasteiger partial charge in [-0.25, -0.2) is 9.18 Å². The van der Waals surface area contributed by atoms with Gasteiger partial charge in [-0.1, -0.05) is 30.3 Å². The third-order valence-corrected chi connectivity index (χ3v) is 5.93. The van der Waals surface area contributed by atoms with E-state index < -0.39 is 0 Å². The van der Waals surface area contributed by atoms with E-state index in [0.29, 0.717) is 37.0 Å². The highest BCUT2D eigenvalue weighted by molar-refractivity contribution is 7.99. The summed E-state index contributed by atoms with van der Waals surface area (Å²) in [4.78, 5) is 26.1. The summed E-state index contributed by atoms with van der Waals surface area (Å²) in [5.41, 5.74) is 1.80. The molecule has 1 fully saturated rings. The standard InChI is InChI=1S/C22H26FN3O2S/c23-19-6-8-20(9-7-19)25-22(28)26-12-10-17(11-13-26)14-24-21(27)16-29-15-18-4-2-1-3-5-18/h1-9,17H,10-16H2,(H,24,27)(H,25,28). The van der Waals surface area contributed by atoms with Crippen molar-refractivity contribution >= 4 is 29.4 Å². The monoisotopic (exact) mass is 415 g/mol. The second kappa shape index (κ2) is 10.9. The highest BCUT2D eigenvalue weighted by Gasteiger charge is 2.23. The maximum Gasteiger partial charge on any atom is 0.321 e. The number of carbonyl (C=O) groups excluding carboxylic acids is 2. The fraction of sp³-hybridized carbons (Fsp3) is 0.364. The lowest BCUT2D eigenvalue weighted by Crippen LogP contribution is -2.43. The van der Waals surface area contributed by atoms with Gasteiger partial charge in [0.25, 0.3) is 0 Å². The van der Waals surface area contributed by atoms with E-state index in [-0.39, 0.29) is 17.8 Å². The first-order valence-electron chi connectivity index (χ1n) is 9.80. The average molecular weight is 416 g/mol. The number of nitrogens with one attached hydrogen (secondary N) is 2. The number of urea groups is 1. The number of nitrogens with zero attached hydrogens (tertiary/aromatic N) is 1. The van der Waals surface area contributed by atoms with Crippen LogP contribution in [0.15, 0.2) is 54.6 Å². The molecule has 0 unspecified atom stereocenters. The second-order valence-electron chi connectivity index (χ2n) is 7.15. The topological polar surface area (TPSA) is 61.4 Å². The largest absolute Gasteiger partial charge is 0.355 e. The van der Waals surface area contributed by atoms with Gasteiger partial charge in [-0.15, -0.1) is 11.8 Å². The molecule has 5 nitrogen and oxygen atoms in total. The number of halogens is 1. The lowest BCUT2D eigenvalue weighted by Gasteiger charge is -2.32. The summed E-state index contributed by atoms with van der Waals surface area (Å²) >= 11 is 1.61. The SMILES string of the molecule is O=C(CSCc1ccccc1)NCC1CCN(C(=O)Nc2ccc(F)cc2)CC1. The maximum atomic E-state index is 12.9. The third-order valence-electron chi connectivity index (χ3n) is 4.93. The molecule has 0 aromatic heterocycles. The molecule has 1 heterocycles. The number of anilines is 1. The van der Waals surface area contributed by atoms with Gasteiger partial charge in [-0.2, -0.15) is 0 Å². The lowest BCUT2D eigenvalue weighted by molar-refractivity contribution is -0.118. The molecule has 3 rings (SSSR count). The number of thioether (sulfide) groups is 1. The van der Waals surface area contributed by atoms with Crippen LogP contribution in [0, 0.1) is 11.7 Å². The Balaban J connectivity index is 1.30. The molecule has 1 saturated heterocycles. The molecule has 1 aliphatic rings. The van der Waals surface area contributed by atoms with Gasteiger partial charge in [-0.05, 0) is 48.6 Å². The second-order valence-corrected chi connectivity index (χ2v) is 8.14. The van der Waals surface area contributed by atoms with Crippen molar-refractivity contribution in [2.24, 2.45) is 5.92 Å². The van der Waals surface area contributed by atoms with Crippen LogP contribution >= 0.6 is 11.8 Å². The van der Waals surface area contributed by atoms with E-state index in [1.54, 1.807) is 28.8 Å². The molecule has 0 atom stereocenters. The predicted octanol–water partition coefficient (Wildman–Crippen LogP) is 4.12. The summed E-state index contributed by atoms with van der Waals surface area (Å²) in [5, 5.41) is 5.80.